The Bertz CT molecular complexity index is 315. The van der Waals surface area contributed by atoms with Gasteiger partial charge < -0.3 is 9.47 Å². The van der Waals surface area contributed by atoms with Crippen molar-refractivity contribution in [3.63, 3.8) is 0 Å². The van der Waals surface area contributed by atoms with Gasteiger partial charge in [-0.05, 0) is 37.3 Å². The highest BCUT2D eigenvalue weighted by molar-refractivity contribution is 6.18. The zero-order valence-corrected chi connectivity index (χ0v) is 11.4. The molecule has 3 heteroatoms. The highest BCUT2D eigenvalue weighted by Crippen LogP contribution is 2.23. The van der Waals surface area contributed by atoms with Crippen molar-refractivity contribution in [3.05, 3.63) is 29.8 Å². The fourth-order valence-electron chi connectivity index (χ4n) is 1.81. The van der Waals surface area contributed by atoms with Gasteiger partial charge in [-0.1, -0.05) is 18.2 Å². The predicted molar refractivity (Wildman–Crippen MR) is 72.0 cm³/mol. The maximum Gasteiger partial charge on any atom is 0.122 e. The summed E-state index contributed by atoms with van der Waals surface area (Å²) in [6.07, 6.45) is 1.94. The van der Waals surface area contributed by atoms with Crippen LogP contribution >= 0.6 is 11.6 Å². The average molecular weight is 257 g/mol. The molecule has 1 unspecified atom stereocenters. The van der Waals surface area contributed by atoms with Gasteiger partial charge in [0, 0.05) is 19.1 Å². The first-order valence-corrected chi connectivity index (χ1v) is 6.60. The summed E-state index contributed by atoms with van der Waals surface area (Å²) in [6.45, 7) is 3.56. The van der Waals surface area contributed by atoms with Crippen molar-refractivity contribution < 1.29 is 9.47 Å². The van der Waals surface area contributed by atoms with Gasteiger partial charge in [0.05, 0.1) is 7.11 Å². The molecule has 1 aromatic carbocycles. The van der Waals surface area contributed by atoms with Crippen LogP contribution in [0.2, 0.25) is 0 Å². The molecule has 0 spiro atoms. The van der Waals surface area contributed by atoms with Crippen LogP contribution in [0.15, 0.2) is 24.3 Å². The van der Waals surface area contributed by atoms with Crippen LogP contribution < -0.4 is 4.74 Å². The molecule has 0 heterocycles. The summed E-state index contributed by atoms with van der Waals surface area (Å²) < 4.78 is 10.7. The zero-order valence-electron chi connectivity index (χ0n) is 10.6. The third-order valence-electron chi connectivity index (χ3n) is 2.79. The van der Waals surface area contributed by atoms with Crippen LogP contribution in [-0.2, 0) is 11.2 Å². The van der Waals surface area contributed by atoms with Crippen molar-refractivity contribution in [3.8, 4) is 5.75 Å². The Balaban J connectivity index is 2.54. The van der Waals surface area contributed by atoms with E-state index in [0.29, 0.717) is 11.8 Å². The molecule has 1 aromatic rings. The van der Waals surface area contributed by atoms with E-state index in [1.165, 1.54) is 5.56 Å². The van der Waals surface area contributed by atoms with E-state index >= 15 is 0 Å². The number of hydrogen-bond acceptors (Lipinski definition) is 2. The normalized spacial score (nSPS) is 12.4. The molecule has 0 aromatic heterocycles. The molecule has 0 fully saturated rings. The molecule has 1 atom stereocenters. The first-order valence-electron chi connectivity index (χ1n) is 6.07. The lowest BCUT2D eigenvalue weighted by Crippen LogP contribution is -2.11. The quantitative estimate of drug-likeness (QED) is 0.523. The lowest BCUT2D eigenvalue weighted by molar-refractivity contribution is 0.134. The minimum Gasteiger partial charge on any atom is -0.496 e. The van der Waals surface area contributed by atoms with Crippen molar-refractivity contribution in [2.75, 3.05) is 26.2 Å². The summed E-state index contributed by atoms with van der Waals surface area (Å²) in [5, 5.41) is 0. The number of benzene rings is 1. The Morgan fingerprint density at radius 3 is 2.71 bits per heavy atom. The lowest BCUT2D eigenvalue weighted by atomic mass is 9.97. The fraction of sp³-hybridized carbons (Fsp3) is 0.571. The van der Waals surface area contributed by atoms with Crippen LogP contribution in [0.3, 0.4) is 0 Å². The molecular weight excluding hydrogens is 236 g/mol. The third-order valence-corrected chi connectivity index (χ3v) is 3.23. The van der Waals surface area contributed by atoms with Crippen molar-refractivity contribution >= 4 is 11.6 Å². The average Bonchev–Trinajstić information content (AvgIpc) is 2.38. The van der Waals surface area contributed by atoms with E-state index in [4.69, 9.17) is 21.1 Å². The summed E-state index contributed by atoms with van der Waals surface area (Å²) in [6, 6.07) is 8.10. The van der Waals surface area contributed by atoms with Gasteiger partial charge >= 0.3 is 0 Å². The van der Waals surface area contributed by atoms with E-state index in [9.17, 15) is 0 Å². The minimum absolute atomic E-state index is 0.444. The van der Waals surface area contributed by atoms with Crippen LogP contribution in [0.25, 0.3) is 0 Å². The predicted octanol–water partition coefficient (Wildman–Crippen LogP) is 3.52. The summed E-state index contributed by atoms with van der Waals surface area (Å²) >= 11 is 6.00. The molecular formula is C14H21ClO2. The number of halogens is 1. The molecule has 0 aliphatic heterocycles. The van der Waals surface area contributed by atoms with Crippen LogP contribution in [-0.4, -0.2) is 26.2 Å². The highest BCUT2D eigenvalue weighted by atomic mass is 35.5. The molecule has 1 rings (SSSR count). The summed E-state index contributed by atoms with van der Waals surface area (Å²) in [5.74, 6) is 2.05. The van der Waals surface area contributed by atoms with Crippen molar-refractivity contribution in [2.24, 2.45) is 5.92 Å². The van der Waals surface area contributed by atoms with Crippen LogP contribution in [0.5, 0.6) is 5.75 Å². The molecule has 0 saturated carbocycles. The standard InChI is InChI=1S/C14H21ClO2/c1-3-17-9-8-12(11-15)10-13-6-4-5-7-14(13)16-2/h4-7,12H,3,8-11H2,1-2H3. The number of para-hydroxylation sites is 1. The van der Waals surface area contributed by atoms with Gasteiger partial charge in [-0.2, -0.15) is 0 Å². The first-order chi connectivity index (χ1) is 8.31. The second kappa shape index (κ2) is 8.37. The summed E-state index contributed by atoms with van der Waals surface area (Å²) in [5.41, 5.74) is 1.22. The molecule has 0 aliphatic rings. The number of hydrogen-bond donors (Lipinski definition) is 0. The lowest BCUT2D eigenvalue weighted by Gasteiger charge is -2.15. The maximum absolute atomic E-state index is 6.00. The number of ether oxygens (including phenoxy) is 2. The van der Waals surface area contributed by atoms with Gasteiger partial charge in [0.1, 0.15) is 5.75 Å². The minimum atomic E-state index is 0.444. The molecule has 0 saturated heterocycles. The number of methoxy groups -OCH3 is 1. The monoisotopic (exact) mass is 256 g/mol. The largest absolute Gasteiger partial charge is 0.496 e. The van der Waals surface area contributed by atoms with E-state index in [0.717, 1.165) is 31.8 Å². The molecule has 0 N–H and O–H groups in total. The Morgan fingerprint density at radius 2 is 2.06 bits per heavy atom. The Hall–Kier alpha value is -0.730. The maximum atomic E-state index is 6.00. The molecule has 17 heavy (non-hydrogen) atoms. The van der Waals surface area contributed by atoms with E-state index in [1.54, 1.807) is 7.11 Å². The molecule has 0 aliphatic carbocycles. The topological polar surface area (TPSA) is 18.5 Å². The smallest absolute Gasteiger partial charge is 0.122 e. The van der Waals surface area contributed by atoms with E-state index in [-0.39, 0.29) is 0 Å². The number of rotatable bonds is 8. The highest BCUT2D eigenvalue weighted by Gasteiger charge is 2.11. The first kappa shape index (κ1) is 14.3. The number of alkyl halides is 1. The fourth-order valence-corrected chi connectivity index (χ4v) is 2.07. The van der Waals surface area contributed by atoms with Crippen LogP contribution in [0.4, 0.5) is 0 Å². The van der Waals surface area contributed by atoms with Gasteiger partial charge in [0.25, 0.3) is 0 Å². The zero-order chi connectivity index (χ0) is 12.5. The molecule has 0 amide bonds. The van der Waals surface area contributed by atoms with Crippen LogP contribution in [0.1, 0.15) is 18.9 Å². The van der Waals surface area contributed by atoms with Crippen LogP contribution in [0, 0.1) is 5.92 Å². The SMILES string of the molecule is CCOCCC(CCl)Cc1ccccc1OC. The second-order valence-electron chi connectivity index (χ2n) is 4.02. The van der Waals surface area contributed by atoms with Gasteiger partial charge in [-0.25, -0.2) is 0 Å². The van der Waals surface area contributed by atoms with E-state index in [2.05, 4.69) is 6.07 Å². The Kier molecular flexibility index (Phi) is 7.06. The van der Waals surface area contributed by atoms with E-state index in [1.807, 2.05) is 25.1 Å². The van der Waals surface area contributed by atoms with Gasteiger partial charge in [-0.15, -0.1) is 11.6 Å². The second-order valence-corrected chi connectivity index (χ2v) is 4.33. The summed E-state index contributed by atoms with van der Waals surface area (Å²) in [7, 11) is 1.70. The Labute approximate surface area is 109 Å². The van der Waals surface area contributed by atoms with Crippen molar-refractivity contribution in [1.82, 2.24) is 0 Å². The molecule has 0 bridgehead atoms. The van der Waals surface area contributed by atoms with Crippen molar-refractivity contribution in [2.45, 2.75) is 19.8 Å². The van der Waals surface area contributed by atoms with Gasteiger partial charge in [0.2, 0.25) is 0 Å². The van der Waals surface area contributed by atoms with Crippen molar-refractivity contribution in [1.29, 1.82) is 0 Å². The molecule has 96 valence electrons. The molecule has 0 radical (unpaired) electrons. The third kappa shape index (κ3) is 4.97. The van der Waals surface area contributed by atoms with E-state index < -0.39 is 0 Å². The van der Waals surface area contributed by atoms with Gasteiger partial charge in [0.15, 0.2) is 0 Å². The molecule has 2 nitrogen and oxygen atoms in total. The summed E-state index contributed by atoms with van der Waals surface area (Å²) in [4.78, 5) is 0. The Morgan fingerprint density at radius 1 is 1.29 bits per heavy atom. The van der Waals surface area contributed by atoms with Gasteiger partial charge in [-0.3, -0.25) is 0 Å².